The fraction of sp³-hybridized carbons (Fsp3) is 0.600. The molecule has 96 valence electrons. The Hall–Kier alpha value is -0.850. The number of halogens is 4. The lowest BCUT2D eigenvalue weighted by Gasteiger charge is -2.23. The van der Waals surface area contributed by atoms with Crippen molar-refractivity contribution < 1.29 is 13.2 Å². The van der Waals surface area contributed by atoms with Gasteiger partial charge in [-0.25, -0.2) is 9.97 Å². The van der Waals surface area contributed by atoms with E-state index >= 15 is 0 Å². The first kappa shape index (κ1) is 14.2. The molecule has 17 heavy (non-hydrogen) atoms. The van der Waals surface area contributed by atoms with Crippen molar-refractivity contribution in [2.75, 3.05) is 23.3 Å². The van der Waals surface area contributed by atoms with E-state index in [9.17, 15) is 13.2 Å². The molecule has 0 saturated heterocycles. The molecule has 0 bridgehead atoms. The van der Waals surface area contributed by atoms with Crippen molar-refractivity contribution >= 4 is 21.9 Å². The molecule has 0 radical (unpaired) electrons. The van der Waals surface area contributed by atoms with Crippen LogP contribution in [0.2, 0.25) is 0 Å². The number of hydrogen-bond acceptors (Lipinski definition) is 3. The van der Waals surface area contributed by atoms with Crippen LogP contribution in [-0.4, -0.2) is 34.6 Å². The van der Waals surface area contributed by atoms with Gasteiger partial charge >= 0.3 is 6.18 Å². The van der Waals surface area contributed by atoms with Crippen molar-refractivity contribution in [3.63, 3.8) is 0 Å². The summed E-state index contributed by atoms with van der Waals surface area (Å²) in [5.74, 6) is 0.124. The van der Waals surface area contributed by atoms with Crippen LogP contribution in [-0.2, 0) is 0 Å². The molecule has 0 spiro atoms. The van der Waals surface area contributed by atoms with Crippen molar-refractivity contribution in [3.05, 3.63) is 17.5 Å². The molecule has 0 amide bonds. The van der Waals surface area contributed by atoms with Gasteiger partial charge in [-0.3, -0.25) is 0 Å². The molecule has 1 aromatic rings. The zero-order chi connectivity index (χ0) is 13.1. The predicted octanol–water partition coefficient (Wildman–Crippen LogP) is 2.86. The Kier molecular flexibility index (Phi) is 4.73. The maximum Gasteiger partial charge on any atom is 0.406 e. The fourth-order valence-corrected chi connectivity index (χ4v) is 1.85. The molecule has 1 aromatic heterocycles. The van der Waals surface area contributed by atoms with Crippen molar-refractivity contribution in [1.82, 2.24) is 9.97 Å². The van der Waals surface area contributed by atoms with Crippen LogP contribution >= 0.6 is 15.9 Å². The minimum atomic E-state index is -4.26. The van der Waals surface area contributed by atoms with Gasteiger partial charge in [-0.2, -0.15) is 13.2 Å². The van der Waals surface area contributed by atoms with Crippen molar-refractivity contribution in [2.45, 2.75) is 20.0 Å². The number of aromatic nitrogens is 2. The summed E-state index contributed by atoms with van der Waals surface area (Å²) in [6.07, 6.45) is -4.26. The quantitative estimate of drug-likeness (QED) is 0.801. The summed E-state index contributed by atoms with van der Waals surface area (Å²) in [4.78, 5) is 9.18. The molecule has 0 atom stereocenters. The van der Waals surface area contributed by atoms with Gasteiger partial charge < -0.3 is 4.90 Å². The number of nitrogens with zero attached hydrogens (tertiary/aromatic N) is 3. The third-order valence-corrected chi connectivity index (χ3v) is 2.33. The van der Waals surface area contributed by atoms with E-state index in [0.717, 1.165) is 4.90 Å². The Labute approximate surface area is 106 Å². The summed E-state index contributed by atoms with van der Waals surface area (Å²) in [5.41, 5.74) is 1.32. The summed E-state index contributed by atoms with van der Waals surface area (Å²) in [5, 5.41) is 0.430. The molecular weight excluding hydrogens is 299 g/mol. The number of hydrogen-bond donors (Lipinski definition) is 0. The summed E-state index contributed by atoms with van der Waals surface area (Å²) in [7, 11) is 0. The second kappa shape index (κ2) is 5.66. The maximum atomic E-state index is 12.4. The molecule has 1 heterocycles. The van der Waals surface area contributed by atoms with E-state index in [1.165, 1.54) is 0 Å². The fourth-order valence-electron chi connectivity index (χ4n) is 1.42. The van der Waals surface area contributed by atoms with E-state index < -0.39 is 12.7 Å². The summed E-state index contributed by atoms with van der Waals surface area (Å²) in [6.45, 7) is 2.64. The van der Waals surface area contributed by atoms with Crippen LogP contribution in [0.4, 0.5) is 19.1 Å². The Balaban J connectivity index is 2.96. The first-order valence-electron chi connectivity index (χ1n) is 5.02. The van der Waals surface area contributed by atoms with E-state index in [2.05, 4.69) is 25.9 Å². The lowest BCUT2D eigenvalue weighted by molar-refractivity contribution is -0.119. The van der Waals surface area contributed by atoms with Gasteiger partial charge in [0, 0.05) is 23.3 Å². The highest BCUT2D eigenvalue weighted by atomic mass is 79.9. The highest BCUT2D eigenvalue weighted by molar-refractivity contribution is 9.09. The average molecular weight is 312 g/mol. The molecule has 0 saturated carbocycles. The molecule has 0 aromatic carbocycles. The summed E-state index contributed by atoms with van der Waals surface area (Å²) >= 11 is 3.13. The molecule has 1 rings (SSSR count). The third-order valence-electron chi connectivity index (χ3n) is 1.98. The zero-order valence-corrected chi connectivity index (χ0v) is 11.1. The van der Waals surface area contributed by atoms with Crippen molar-refractivity contribution in [1.29, 1.82) is 0 Å². The molecule has 0 aliphatic carbocycles. The number of aryl methyl sites for hydroxylation is 2. The first-order chi connectivity index (χ1) is 7.81. The molecule has 7 heteroatoms. The van der Waals surface area contributed by atoms with Crippen LogP contribution in [0, 0.1) is 13.8 Å². The second-order valence-electron chi connectivity index (χ2n) is 3.68. The lowest BCUT2D eigenvalue weighted by atomic mass is 10.3. The Morgan fingerprint density at radius 2 is 1.76 bits per heavy atom. The highest BCUT2D eigenvalue weighted by Gasteiger charge is 2.31. The van der Waals surface area contributed by atoms with E-state index in [4.69, 9.17) is 0 Å². The predicted molar refractivity (Wildman–Crippen MR) is 63.6 cm³/mol. The van der Waals surface area contributed by atoms with Gasteiger partial charge in [-0.15, -0.1) is 0 Å². The van der Waals surface area contributed by atoms with Crippen molar-refractivity contribution in [3.8, 4) is 0 Å². The normalized spacial score (nSPS) is 11.6. The largest absolute Gasteiger partial charge is 0.406 e. The Morgan fingerprint density at radius 3 is 2.18 bits per heavy atom. The second-order valence-corrected chi connectivity index (χ2v) is 4.47. The number of alkyl halides is 4. The van der Waals surface area contributed by atoms with E-state index in [-0.39, 0.29) is 12.5 Å². The van der Waals surface area contributed by atoms with Gasteiger partial charge in [-0.05, 0) is 19.9 Å². The van der Waals surface area contributed by atoms with Crippen LogP contribution in [0.15, 0.2) is 6.07 Å². The van der Waals surface area contributed by atoms with E-state index in [1.807, 2.05) is 0 Å². The minimum absolute atomic E-state index is 0.124. The molecule has 0 N–H and O–H groups in total. The lowest BCUT2D eigenvalue weighted by Crippen LogP contribution is -2.37. The number of anilines is 1. The van der Waals surface area contributed by atoms with E-state index in [1.54, 1.807) is 19.9 Å². The number of rotatable bonds is 4. The third kappa shape index (κ3) is 4.89. The SMILES string of the molecule is Cc1cc(C)nc(N(CCBr)CC(F)(F)F)n1. The van der Waals surface area contributed by atoms with Crippen LogP contribution in [0.25, 0.3) is 0 Å². The Bertz CT molecular complexity index is 361. The minimum Gasteiger partial charge on any atom is -0.331 e. The van der Waals surface area contributed by atoms with Gasteiger partial charge in [0.1, 0.15) is 6.54 Å². The van der Waals surface area contributed by atoms with Crippen LogP contribution in [0.1, 0.15) is 11.4 Å². The van der Waals surface area contributed by atoms with Crippen LogP contribution < -0.4 is 4.90 Å². The highest BCUT2D eigenvalue weighted by Crippen LogP contribution is 2.20. The van der Waals surface area contributed by atoms with E-state index in [0.29, 0.717) is 16.7 Å². The molecular formula is C10H13BrF3N3. The van der Waals surface area contributed by atoms with Gasteiger partial charge in [0.25, 0.3) is 0 Å². The average Bonchev–Trinajstić information content (AvgIpc) is 2.13. The van der Waals surface area contributed by atoms with Gasteiger partial charge in [-0.1, -0.05) is 15.9 Å². The zero-order valence-electron chi connectivity index (χ0n) is 9.55. The van der Waals surface area contributed by atoms with Gasteiger partial charge in [0.05, 0.1) is 0 Å². The molecule has 3 nitrogen and oxygen atoms in total. The molecule has 0 unspecified atom stereocenters. The van der Waals surface area contributed by atoms with Crippen molar-refractivity contribution in [2.24, 2.45) is 0 Å². The monoisotopic (exact) mass is 311 g/mol. The smallest absolute Gasteiger partial charge is 0.331 e. The van der Waals surface area contributed by atoms with Gasteiger partial charge in [0.15, 0.2) is 0 Å². The Morgan fingerprint density at radius 1 is 1.24 bits per heavy atom. The first-order valence-corrected chi connectivity index (χ1v) is 6.14. The standard InChI is InChI=1S/C10H13BrF3N3/c1-7-5-8(2)16-9(15-7)17(4-3-11)6-10(12,13)14/h5H,3-4,6H2,1-2H3. The topological polar surface area (TPSA) is 29.0 Å². The van der Waals surface area contributed by atoms with Gasteiger partial charge in [0.2, 0.25) is 5.95 Å². The maximum absolute atomic E-state index is 12.4. The van der Waals surface area contributed by atoms with Crippen LogP contribution in [0.5, 0.6) is 0 Å². The molecule has 0 aliphatic rings. The summed E-state index contributed by atoms with van der Waals surface area (Å²) in [6, 6.07) is 1.73. The molecule has 0 fully saturated rings. The molecule has 0 aliphatic heterocycles. The summed E-state index contributed by atoms with van der Waals surface area (Å²) < 4.78 is 37.2. The van der Waals surface area contributed by atoms with Crippen LogP contribution in [0.3, 0.4) is 0 Å².